The molecular weight excluding hydrogens is 431 g/mol. The van der Waals surface area contributed by atoms with Crippen LogP contribution in [0.2, 0.25) is 0 Å². The molecule has 2 rings (SSSR count). The fourth-order valence-corrected chi connectivity index (χ4v) is 2.75. The van der Waals surface area contributed by atoms with Crippen LogP contribution < -0.4 is 10.6 Å². The molecule has 0 unspecified atom stereocenters. The maximum Gasteiger partial charge on any atom is 0.408 e. The van der Waals surface area contributed by atoms with Gasteiger partial charge in [0.2, 0.25) is 0 Å². The molecule has 0 aliphatic carbocycles. The summed E-state index contributed by atoms with van der Waals surface area (Å²) < 4.78 is 24.4. The fourth-order valence-electron chi connectivity index (χ4n) is 2.75. The molecular formula is C24H29FN2O6. The molecule has 0 bridgehead atoms. The van der Waals surface area contributed by atoms with Crippen molar-refractivity contribution in [2.45, 2.75) is 45.6 Å². The summed E-state index contributed by atoms with van der Waals surface area (Å²) in [5, 5.41) is 14.5. The van der Waals surface area contributed by atoms with Gasteiger partial charge in [-0.1, -0.05) is 30.3 Å². The van der Waals surface area contributed by atoms with Crippen LogP contribution >= 0.6 is 0 Å². The van der Waals surface area contributed by atoms with Gasteiger partial charge in [-0.3, -0.25) is 4.79 Å². The number of carbonyl (C=O) groups excluding carboxylic acids is 3. The van der Waals surface area contributed by atoms with Gasteiger partial charge >= 0.3 is 12.1 Å². The maximum absolute atomic E-state index is 14.1. The lowest BCUT2D eigenvalue weighted by atomic mass is 10.1. The van der Waals surface area contributed by atoms with E-state index in [9.17, 15) is 23.9 Å². The number of ether oxygens (including phenoxy) is 2. The van der Waals surface area contributed by atoms with Gasteiger partial charge in [-0.2, -0.15) is 0 Å². The number of Topliss-reactive ketones (excluding diaryl/α,β-unsaturated/α-hetero) is 1. The number of aliphatic hydroxyl groups excluding tert-OH is 1. The molecule has 178 valence electrons. The van der Waals surface area contributed by atoms with Gasteiger partial charge < -0.3 is 25.2 Å². The Morgan fingerprint density at radius 1 is 1.09 bits per heavy atom. The van der Waals surface area contributed by atoms with E-state index in [1.807, 2.05) is 6.07 Å². The van der Waals surface area contributed by atoms with E-state index in [-0.39, 0.29) is 30.8 Å². The number of benzene rings is 2. The number of amides is 1. The van der Waals surface area contributed by atoms with E-state index < -0.39 is 41.9 Å². The van der Waals surface area contributed by atoms with Gasteiger partial charge in [0.1, 0.15) is 24.1 Å². The van der Waals surface area contributed by atoms with Crippen LogP contribution in [0.1, 0.15) is 42.3 Å². The summed E-state index contributed by atoms with van der Waals surface area (Å²) in [6, 6.07) is 11.6. The second kappa shape index (κ2) is 12.1. The molecule has 0 heterocycles. The normalized spacial score (nSPS) is 12.0. The first kappa shape index (κ1) is 26.0. The van der Waals surface area contributed by atoms with Crippen molar-refractivity contribution < 1.29 is 33.4 Å². The molecule has 1 amide bonds. The van der Waals surface area contributed by atoms with Crippen LogP contribution in [0, 0.1) is 5.82 Å². The molecule has 0 saturated heterocycles. The Bertz CT molecular complexity index is 959. The highest BCUT2D eigenvalue weighted by molar-refractivity contribution is 5.90. The third kappa shape index (κ3) is 8.99. The highest BCUT2D eigenvalue weighted by Crippen LogP contribution is 2.15. The number of hydrogen-bond donors (Lipinski definition) is 3. The number of halogens is 1. The third-order valence-corrected chi connectivity index (χ3v) is 4.37. The number of aliphatic hydroxyl groups is 1. The molecule has 0 radical (unpaired) electrons. The SMILES string of the molecule is CC(C)(C)OC(=O)c1ccc(F)c(CNCC(=O)[C@@H](CO)NC(=O)OCc2ccccc2)c1. The first-order valence-electron chi connectivity index (χ1n) is 10.4. The van der Waals surface area contributed by atoms with E-state index in [0.29, 0.717) is 0 Å². The highest BCUT2D eigenvalue weighted by Gasteiger charge is 2.21. The Kier molecular flexibility index (Phi) is 9.50. The molecule has 8 nitrogen and oxygen atoms in total. The molecule has 0 saturated carbocycles. The first-order chi connectivity index (χ1) is 15.6. The zero-order valence-corrected chi connectivity index (χ0v) is 18.9. The number of alkyl carbamates (subject to hydrolysis) is 1. The number of rotatable bonds is 10. The van der Waals surface area contributed by atoms with Crippen LogP contribution in [0.4, 0.5) is 9.18 Å². The standard InChI is InChI=1S/C24H29FN2O6/c1-24(2,3)33-22(30)17-9-10-19(25)18(11-17)12-26-13-21(29)20(14-28)27-23(31)32-15-16-7-5-4-6-8-16/h4-11,20,26,28H,12-15H2,1-3H3,(H,27,31)/t20-/m1/s1. The Labute approximate surface area is 192 Å². The smallest absolute Gasteiger partial charge is 0.408 e. The van der Waals surface area contributed by atoms with Gasteiger partial charge in [0, 0.05) is 12.1 Å². The molecule has 2 aromatic carbocycles. The molecule has 0 fully saturated rings. The molecule has 0 spiro atoms. The van der Waals surface area contributed by atoms with Gasteiger partial charge in [0.15, 0.2) is 5.78 Å². The lowest BCUT2D eigenvalue weighted by Crippen LogP contribution is -2.46. The Hall–Kier alpha value is -3.30. The lowest BCUT2D eigenvalue weighted by Gasteiger charge is -2.19. The largest absolute Gasteiger partial charge is 0.456 e. The molecule has 2 aromatic rings. The summed E-state index contributed by atoms with van der Waals surface area (Å²) in [4.78, 5) is 36.4. The lowest BCUT2D eigenvalue weighted by molar-refractivity contribution is -0.121. The van der Waals surface area contributed by atoms with Crippen LogP contribution in [0.3, 0.4) is 0 Å². The van der Waals surface area contributed by atoms with E-state index in [4.69, 9.17) is 9.47 Å². The monoisotopic (exact) mass is 460 g/mol. The predicted molar refractivity (Wildman–Crippen MR) is 119 cm³/mol. The van der Waals surface area contributed by atoms with Crippen LogP contribution in [0.5, 0.6) is 0 Å². The minimum Gasteiger partial charge on any atom is -0.456 e. The van der Waals surface area contributed by atoms with Gasteiger partial charge in [0.05, 0.1) is 18.7 Å². The fraction of sp³-hybridized carbons (Fsp3) is 0.375. The van der Waals surface area contributed by atoms with Crippen molar-refractivity contribution >= 4 is 17.8 Å². The van der Waals surface area contributed by atoms with E-state index in [2.05, 4.69) is 10.6 Å². The molecule has 0 aromatic heterocycles. The molecule has 0 aliphatic heterocycles. The summed E-state index contributed by atoms with van der Waals surface area (Å²) in [6.45, 7) is 4.28. The second-order valence-corrected chi connectivity index (χ2v) is 8.32. The number of esters is 1. The third-order valence-electron chi connectivity index (χ3n) is 4.37. The zero-order chi connectivity index (χ0) is 24.4. The topological polar surface area (TPSA) is 114 Å². The average molecular weight is 461 g/mol. The predicted octanol–water partition coefficient (Wildman–Crippen LogP) is 2.73. The minimum absolute atomic E-state index is 0.0184. The summed E-state index contributed by atoms with van der Waals surface area (Å²) in [5.74, 6) is -1.65. The number of carbonyl (C=O) groups is 3. The number of ketones is 1. The minimum atomic E-state index is -1.18. The summed E-state index contributed by atoms with van der Waals surface area (Å²) >= 11 is 0. The van der Waals surface area contributed by atoms with Gasteiger partial charge in [-0.15, -0.1) is 0 Å². The Morgan fingerprint density at radius 3 is 2.42 bits per heavy atom. The summed E-state index contributed by atoms with van der Waals surface area (Å²) in [6.07, 6.45) is -0.845. The van der Waals surface area contributed by atoms with Crippen molar-refractivity contribution in [3.63, 3.8) is 0 Å². The highest BCUT2D eigenvalue weighted by atomic mass is 19.1. The molecule has 3 N–H and O–H groups in total. The van der Waals surface area contributed by atoms with Crippen molar-refractivity contribution in [2.75, 3.05) is 13.2 Å². The van der Waals surface area contributed by atoms with Crippen molar-refractivity contribution in [3.05, 3.63) is 71.0 Å². The van der Waals surface area contributed by atoms with Gasteiger partial charge in [-0.05, 0) is 44.5 Å². The van der Waals surface area contributed by atoms with Crippen LogP contribution in [0.15, 0.2) is 48.5 Å². The summed E-state index contributed by atoms with van der Waals surface area (Å²) in [7, 11) is 0. The number of hydrogen-bond acceptors (Lipinski definition) is 7. The van der Waals surface area contributed by atoms with Crippen LogP contribution in [-0.2, 0) is 27.4 Å². The van der Waals surface area contributed by atoms with E-state index >= 15 is 0 Å². The van der Waals surface area contributed by atoms with Crippen molar-refractivity contribution in [3.8, 4) is 0 Å². The molecule has 0 aliphatic rings. The second-order valence-electron chi connectivity index (χ2n) is 8.32. The quantitative estimate of drug-likeness (QED) is 0.467. The van der Waals surface area contributed by atoms with Crippen molar-refractivity contribution in [1.29, 1.82) is 0 Å². The molecule has 1 atom stereocenters. The maximum atomic E-state index is 14.1. The van der Waals surface area contributed by atoms with E-state index in [0.717, 1.165) is 11.6 Å². The van der Waals surface area contributed by atoms with Crippen LogP contribution in [-0.4, -0.2) is 47.7 Å². The van der Waals surface area contributed by atoms with E-state index in [1.54, 1.807) is 45.0 Å². The Balaban J connectivity index is 1.85. The first-order valence-corrected chi connectivity index (χ1v) is 10.4. The number of nitrogens with one attached hydrogen (secondary N) is 2. The molecule has 9 heteroatoms. The zero-order valence-electron chi connectivity index (χ0n) is 18.9. The Morgan fingerprint density at radius 2 is 1.79 bits per heavy atom. The molecule has 33 heavy (non-hydrogen) atoms. The van der Waals surface area contributed by atoms with Crippen LogP contribution in [0.25, 0.3) is 0 Å². The van der Waals surface area contributed by atoms with Crippen molar-refractivity contribution in [2.24, 2.45) is 0 Å². The van der Waals surface area contributed by atoms with Crippen molar-refractivity contribution in [1.82, 2.24) is 10.6 Å². The summed E-state index contributed by atoms with van der Waals surface area (Å²) in [5.41, 5.74) is 0.439. The van der Waals surface area contributed by atoms with Gasteiger partial charge in [0.25, 0.3) is 0 Å². The average Bonchev–Trinajstić information content (AvgIpc) is 2.76. The van der Waals surface area contributed by atoms with Gasteiger partial charge in [-0.25, -0.2) is 14.0 Å². The van der Waals surface area contributed by atoms with E-state index in [1.165, 1.54) is 12.1 Å².